The molecule has 1 aromatic carbocycles. The number of aliphatic hydroxyl groups excluding tert-OH is 1. The number of nitrogens with one attached hydrogen (secondary N) is 1. The summed E-state index contributed by atoms with van der Waals surface area (Å²) in [6, 6.07) is 7.28. The Bertz CT molecular complexity index is 952. The van der Waals surface area contributed by atoms with Crippen molar-refractivity contribution in [3.8, 4) is 0 Å². The SMILES string of the molecule is Nc1ncnc2c1ncn2C[C@]1(O)CN[C@H](CSc2ccc(Cl)cc2)[C@H]1O. The summed E-state index contributed by atoms with van der Waals surface area (Å²) in [5, 5.41) is 25.6. The minimum absolute atomic E-state index is 0.149. The van der Waals surface area contributed by atoms with E-state index in [1.807, 2.05) is 24.3 Å². The van der Waals surface area contributed by atoms with Crippen LogP contribution >= 0.6 is 23.4 Å². The fraction of sp³-hybridized carbons (Fsp3) is 0.353. The molecular formula is C17H19ClN6O2S. The molecule has 10 heteroatoms. The number of nitrogens with zero attached hydrogens (tertiary/aromatic N) is 4. The van der Waals surface area contributed by atoms with Gasteiger partial charge in [0.05, 0.1) is 12.9 Å². The number of nitrogen functional groups attached to an aromatic ring is 1. The smallest absolute Gasteiger partial charge is 0.165 e. The normalized spacial score (nSPS) is 25.3. The fourth-order valence-electron chi connectivity index (χ4n) is 3.22. The van der Waals surface area contributed by atoms with Crippen LogP contribution in [0.1, 0.15) is 0 Å². The highest BCUT2D eigenvalue weighted by molar-refractivity contribution is 7.99. The number of β-amino-alcohol motifs (C(OH)–C–C–N with tert-alkyl or cyclic N) is 1. The highest BCUT2D eigenvalue weighted by atomic mass is 35.5. The molecule has 27 heavy (non-hydrogen) atoms. The molecule has 3 atom stereocenters. The molecular weight excluding hydrogens is 388 g/mol. The van der Waals surface area contributed by atoms with Crippen molar-refractivity contribution in [2.75, 3.05) is 18.0 Å². The summed E-state index contributed by atoms with van der Waals surface area (Å²) in [5.74, 6) is 0.901. The van der Waals surface area contributed by atoms with Crippen LogP contribution in [-0.4, -0.2) is 59.8 Å². The van der Waals surface area contributed by atoms with Crippen molar-refractivity contribution < 1.29 is 10.2 Å². The van der Waals surface area contributed by atoms with Crippen LogP contribution in [0, 0.1) is 0 Å². The lowest BCUT2D eigenvalue weighted by Gasteiger charge is -2.28. The first kappa shape index (κ1) is 18.5. The maximum absolute atomic E-state index is 11.0. The molecule has 0 unspecified atom stereocenters. The van der Waals surface area contributed by atoms with Gasteiger partial charge in [-0.25, -0.2) is 15.0 Å². The molecule has 0 radical (unpaired) electrons. The summed E-state index contributed by atoms with van der Waals surface area (Å²) in [6.07, 6.45) is 1.97. The van der Waals surface area contributed by atoms with Crippen molar-refractivity contribution in [3.05, 3.63) is 41.9 Å². The molecule has 3 aromatic rings. The molecule has 1 fully saturated rings. The predicted octanol–water partition coefficient (Wildman–Crippen LogP) is 0.918. The summed E-state index contributed by atoms with van der Waals surface area (Å²) in [7, 11) is 0. The molecule has 0 amide bonds. The van der Waals surface area contributed by atoms with Crippen molar-refractivity contribution in [3.63, 3.8) is 0 Å². The first-order chi connectivity index (χ1) is 13.0. The Morgan fingerprint density at radius 2 is 2.07 bits per heavy atom. The highest BCUT2D eigenvalue weighted by Crippen LogP contribution is 2.29. The quantitative estimate of drug-likeness (QED) is 0.461. The van der Waals surface area contributed by atoms with E-state index in [0.717, 1.165) is 4.90 Å². The lowest BCUT2D eigenvalue weighted by Crippen LogP contribution is -2.47. The average molecular weight is 407 g/mol. The fourth-order valence-corrected chi connectivity index (χ4v) is 4.35. The summed E-state index contributed by atoms with van der Waals surface area (Å²) in [4.78, 5) is 13.4. The lowest BCUT2D eigenvalue weighted by molar-refractivity contribution is -0.0579. The Balaban J connectivity index is 1.45. The van der Waals surface area contributed by atoms with Crippen molar-refractivity contribution in [2.45, 2.75) is 29.2 Å². The number of hydrogen-bond acceptors (Lipinski definition) is 8. The molecule has 4 rings (SSSR count). The zero-order valence-electron chi connectivity index (χ0n) is 14.3. The zero-order valence-corrected chi connectivity index (χ0v) is 15.9. The number of aliphatic hydroxyl groups is 2. The first-order valence-corrected chi connectivity index (χ1v) is 9.76. The van der Waals surface area contributed by atoms with Gasteiger partial charge in [0.2, 0.25) is 0 Å². The standard InChI is InChI=1S/C17H19ClN6O2S/c18-10-1-3-11(4-2-10)27-5-12-14(25)17(26,6-20-12)7-24-9-23-13-15(19)21-8-22-16(13)24/h1-4,8-9,12,14,20,25-26H,5-7H2,(H2,19,21,22)/t12-,14-,17-/m1/s1. The number of aromatic nitrogens is 4. The minimum Gasteiger partial charge on any atom is -0.388 e. The Morgan fingerprint density at radius 3 is 2.85 bits per heavy atom. The van der Waals surface area contributed by atoms with Crippen LogP contribution < -0.4 is 11.1 Å². The van der Waals surface area contributed by atoms with Crippen LogP contribution in [0.3, 0.4) is 0 Å². The van der Waals surface area contributed by atoms with E-state index in [-0.39, 0.29) is 24.9 Å². The third-order valence-corrected chi connectivity index (χ3v) is 6.10. The Kier molecular flexibility index (Phi) is 4.95. The number of nitrogens with two attached hydrogens (primary N) is 1. The van der Waals surface area contributed by atoms with Crippen molar-refractivity contribution >= 4 is 40.3 Å². The van der Waals surface area contributed by atoms with E-state index >= 15 is 0 Å². The van der Waals surface area contributed by atoms with E-state index < -0.39 is 11.7 Å². The average Bonchev–Trinajstić information content (AvgIpc) is 3.18. The number of benzene rings is 1. The maximum atomic E-state index is 11.0. The highest BCUT2D eigenvalue weighted by Gasteiger charge is 2.46. The lowest BCUT2D eigenvalue weighted by atomic mass is 9.97. The molecule has 8 nitrogen and oxygen atoms in total. The number of rotatable bonds is 5. The third kappa shape index (κ3) is 3.61. The molecule has 0 aliphatic carbocycles. The van der Waals surface area contributed by atoms with Gasteiger partial charge in [-0.15, -0.1) is 11.8 Å². The molecule has 3 heterocycles. The second kappa shape index (κ2) is 7.25. The van der Waals surface area contributed by atoms with Crippen LogP contribution in [0.5, 0.6) is 0 Å². The molecule has 0 saturated carbocycles. The number of halogens is 1. The van der Waals surface area contributed by atoms with Crippen LogP contribution in [0.4, 0.5) is 5.82 Å². The monoisotopic (exact) mass is 406 g/mol. The molecule has 5 N–H and O–H groups in total. The number of imidazole rings is 1. The van der Waals surface area contributed by atoms with Gasteiger partial charge >= 0.3 is 0 Å². The van der Waals surface area contributed by atoms with E-state index in [1.54, 1.807) is 22.7 Å². The van der Waals surface area contributed by atoms with E-state index in [2.05, 4.69) is 20.3 Å². The molecule has 142 valence electrons. The second-order valence-corrected chi connectivity index (χ2v) is 8.13. The van der Waals surface area contributed by atoms with E-state index in [4.69, 9.17) is 17.3 Å². The maximum Gasteiger partial charge on any atom is 0.165 e. The van der Waals surface area contributed by atoms with Gasteiger partial charge in [0, 0.05) is 28.3 Å². The van der Waals surface area contributed by atoms with Gasteiger partial charge in [-0.05, 0) is 24.3 Å². The van der Waals surface area contributed by atoms with Crippen molar-refractivity contribution in [1.29, 1.82) is 0 Å². The molecule has 0 spiro atoms. The van der Waals surface area contributed by atoms with Crippen molar-refractivity contribution in [1.82, 2.24) is 24.8 Å². The van der Waals surface area contributed by atoms with Gasteiger partial charge in [0.25, 0.3) is 0 Å². The van der Waals surface area contributed by atoms with Gasteiger partial charge < -0.3 is 25.8 Å². The van der Waals surface area contributed by atoms with Crippen LogP contribution in [0.25, 0.3) is 11.2 Å². The molecule has 2 aromatic heterocycles. The second-order valence-electron chi connectivity index (χ2n) is 6.60. The summed E-state index contributed by atoms with van der Waals surface area (Å²) in [6.45, 7) is 0.413. The largest absolute Gasteiger partial charge is 0.388 e. The molecule has 0 bridgehead atoms. The third-order valence-electron chi connectivity index (χ3n) is 4.72. The molecule has 1 saturated heterocycles. The van der Waals surface area contributed by atoms with Crippen LogP contribution in [-0.2, 0) is 6.54 Å². The Morgan fingerprint density at radius 1 is 1.30 bits per heavy atom. The topological polar surface area (TPSA) is 122 Å². The number of fused-ring (bicyclic) bond motifs is 1. The Hall–Kier alpha value is -1.91. The number of hydrogen-bond donors (Lipinski definition) is 4. The summed E-state index contributed by atoms with van der Waals surface area (Å²) >= 11 is 7.49. The van der Waals surface area contributed by atoms with Gasteiger partial charge in [0.1, 0.15) is 23.5 Å². The van der Waals surface area contributed by atoms with Crippen LogP contribution in [0.2, 0.25) is 5.02 Å². The first-order valence-electron chi connectivity index (χ1n) is 8.40. The van der Waals surface area contributed by atoms with Gasteiger partial charge in [-0.3, -0.25) is 0 Å². The number of thioether (sulfide) groups is 1. The molecule has 1 aliphatic rings. The van der Waals surface area contributed by atoms with Crippen LogP contribution in [0.15, 0.2) is 41.8 Å². The summed E-state index contributed by atoms with van der Waals surface area (Å²) in [5.41, 5.74) is 5.48. The minimum atomic E-state index is -1.33. The van der Waals surface area contributed by atoms with Crippen molar-refractivity contribution in [2.24, 2.45) is 0 Å². The molecule has 1 aliphatic heterocycles. The van der Waals surface area contributed by atoms with Gasteiger partial charge in [-0.1, -0.05) is 11.6 Å². The Labute approximate surface area is 164 Å². The van der Waals surface area contributed by atoms with E-state index in [1.165, 1.54) is 6.33 Å². The predicted molar refractivity (Wildman–Crippen MR) is 105 cm³/mol. The van der Waals surface area contributed by atoms with Gasteiger partial charge in [0.15, 0.2) is 11.5 Å². The van der Waals surface area contributed by atoms with E-state index in [0.29, 0.717) is 21.9 Å². The summed E-state index contributed by atoms with van der Waals surface area (Å²) < 4.78 is 1.69. The zero-order chi connectivity index (χ0) is 19.0. The number of anilines is 1. The van der Waals surface area contributed by atoms with E-state index in [9.17, 15) is 10.2 Å². The van der Waals surface area contributed by atoms with Gasteiger partial charge in [-0.2, -0.15) is 0 Å².